The molecule has 1 atom stereocenters. The second-order valence-electron chi connectivity index (χ2n) is 9.90. The Labute approximate surface area is 215 Å². The standard InChI is InChI=1S/C25H34N8O4/c34-23(32-14-13-31-12-8-26-15-21(31)17-32)28-22-7-11-33(24(35)29-22)20-3-1-18(2-4-20)16-30-9-5-19(6-10-30)27-25(36)37/h1-4,7,11,19,21,26-27H,5-6,8-10,12-17H2,(H,36,37)(H,28,29,34,35). The van der Waals surface area contributed by atoms with Crippen molar-refractivity contribution < 1.29 is 14.7 Å². The topological polar surface area (TPSA) is 135 Å². The van der Waals surface area contributed by atoms with Gasteiger partial charge in [-0.1, -0.05) is 12.1 Å². The van der Waals surface area contributed by atoms with Crippen LogP contribution in [0.15, 0.2) is 41.3 Å². The van der Waals surface area contributed by atoms with Gasteiger partial charge in [0.1, 0.15) is 5.82 Å². The van der Waals surface area contributed by atoms with Gasteiger partial charge < -0.3 is 20.6 Å². The third-order valence-corrected chi connectivity index (χ3v) is 7.42. The van der Waals surface area contributed by atoms with Crippen molar-refractivity contribution in [1.29, 1.82) is 0 Å². The number of piperazine rings is 2. The number of nitrogens with zero attached hydrogens (tertiary/aromatic N) is 5. The van der Waals surface area contributed by atoms with Crippen molar-refractivity contribution in [2.24, 2.45) is 0 Å². The summed E-state index contributed by atoms with van der Waals surface area (Å²) in [5, 5.41) is 17.6. The number of nitrogens with one attached hydrogen (secondary N) is 3. The highest BCUT2D eigenvalue weighted by Crippen LogP contribution is 2.16. The number of fused-ring (bicyclic) bond motifs is 1. The summed E-state index contributed by atoms with van der Waals surface area (Å²) in [6.07, 6.45) is 2.25. The van der Waals surface area contributed by atoms with Crippen LogP contribution in [0.1, 0.15) is 18.4 Å². The van der Waals surface area contributed by atoms with E-state index in [4.69, 9.17) is 5.11 Å². The first-order valence-electron chi connectivity index (χ1n) is 12.9. The Kier molecular flexibility index (Phi) is 7.68. The van der Waals surface area contributed by atoms with Gasteiger partial charge in [0, 0.05) is 77.2 Å². The molecule has 0 radical (unpaired) electrons. The Morgan fingerprint density at radius 2 is 1.84 bits per heavy atom. The molecule has 4 heterocycles. The molecule has 3 amide bonds. The highest BCUT2D eigenvalue weighted by atomic mass is 16.4. The Hall–Kier alpha value is -3.48. The lowest BCUT2D eigenvalue weighted by Gasteiger charge is -2.44. The molecule has 3 aliphatic heterocycles. The number of carbonyl (C=O) groups excluding carboxylic acids is 1. The van der Waals surface area contributed by atoms with Gasteiger partial charge in [0.15, 0.2) is 0 Å². The molecule has 0 aliphatic carbocycles. The zero-order chi connectivity index (χ0) is 25.8. The van der Waals surface area contributed by atoms with Gasteiger partial charge >= 0.3 is 17.8 Å². The highest BCUT2D eigenvalue weighted by molar-refractivity contribution is 5.88. The first-order chi connectivity index (χ1) is 17.9. The third kappa shape index (κ3) is 6.27. The zero-order valence-corrected chi connectivity index (χ0v) is 20.8. The molecule has 12 heteroatoms. The van der Waals surface area contributed by atoms with E-state index in [1.54, 1.807) is 17.2 Å². The summed E-state index contributed by atoms with van der Waals surface area (Å²) in [5.41, 5.74) is 1.36. The van der Waals surface area contributed by atoms with E-state index < -0.39 is 11.8 Å². The van der Waals surface area contributed by atoms with E-state index in [0.29, 0.717) is 24.8 Å². The number of benzene rings is 1. The van der Waals surface area contributed by atoms with Crippen molar-refractivity contribution in [2.45, 2.75) is 31.5 Å². The normalized spacial score (nSPS) is 21.3. The molecule has 1 unspecified atom stereocenters. The Morgan fingerprint density at radius 3 is 2.57 bits per heavy atom. The molecular weight excluding hydrogens is 476 g/mol. The SMILES string of the molecule is O=C(O)NC1CCN(Cc2ccc(-n3ccc(NC(=O)N4CCN5CCNCC5C4)nc3=O)cc2)CC1. The lowest BCUT2D eigenvalue weighted by atomic mass is 10.0. The van der Waals surface area contributed by atoms with Gasteiger partial charge in [-0.15, -0.1) is 0 Å². The second-order valence-corrected chi connectivity index (χ2v) is 9.90. The van der Waals surface area contributed by atoms with Crippen molar-refractivity contribution in [3.63, 3.8) is 0 Å². The van der Waals surface area contributed by atoms with Gasteiger partial charge in [-0.05, 0) is 36.6 Å². The van der Waals surface area contributed by atoms with Gasteiger partial charge in [0.2, 0.25) is 0 Å². The van der Waals surface area contributed by atoms with Crippen LogP contribution in [0.2, 0.25) is 0 Å². The molecule has 0 bridgehead atoms. The average molecular weight is 511 g/mol. The van der Waals surface area contributed by atoms with Crippen LogP contribution in [0.5, 0.6) is 0 Å². The fourth-order valence-corrected chi connectivity index (χ4v) is 5.34. The summed E-state index contributed by atoms with van der Waals surface area (Å²) >= 11 is 0. The van der Waals surface area contributed by atoms with Crippen LogP contribution in [0, 0.1) is 0 Å². The molecule has 3 aliphatic rings. The van der Waals surface area contributed by atoms with E-state index in [1.807, 2.05) is 24.3 Å². The maximum atomic E-state index is 12.8. The molecule has 0 saturated carbocycles. The molecule has 2 aromatic rings. The molecule has 1 aromatic carbocycles. The number of urea groups is 1. The van der Waals surface area contributed by atoms with Gasteiger partial charge in [-0.25, -0.2) is 14.4 Å². The molecule has 5 rings (SSSR count). The quantitative estimate of drug-likeness (QED) is 0.459. The number of carbonyl (C=O) groups is 2. The molecular formula is C25H34N8O4. The number of carboxylic acid groups (broad SMARTS) is 1. The van der Waals surface area contributed by atoms with Crippen LogP contribution in [-0.4, -0.2) is 106 Å². The van der Waals surface area contributed by atoms with Crippen molar-refractivity contribution in [2.75, 3.05) is 57.7 Å². The zero-order valence-electron chi connectivity index (χ0n) is 20.8. The molecule has 1 aromatic heterocycles. The largest absolute Gasteiger partial charge is 0.465 e. The Balaban J connectivity index is 1.15. The lowest BCUT2D eigenvalue weighted by Crippen LogP contribution is -2.62. The predicted octanol–water partition coefficient (Wildman–Crippen LogP) is 0.586. The molecule has 37 heavy (non-hydrogen) atoms. The van der Waals surface area contributed by atoms with Gasteiger partial charge in [-0.2, -0.15) is 4.98 Å². The van der Waals surface area contributed by atoms with E-state index in [0.717, 1.165) is 64.2 Å². The fourth-order valence-electron chi connectivity index (χ4n) is 5.34. The van der Waals surface area contributed by atoms with E-state index in [2.05, 4.69) is 30.7 Å². The van der Waals surface area contributed by atoms with E-state index in [9.17, 15) is 14.4 Å². The number of hydrogen-bond acceptors (Lipinski definition) is 7. The molecule has 198 valence electrons. The average Bonchev–Trinajstić information content (AvgIpc) is 2.90. The van der Waals surface area contributed by atoms with Crippen molar-refractivity contribution in [3.8, 4) is 5.69 Å². The van der Waals surface area contributed by atoms with Gasteiger partial charge in [0.25, 0.3) is 0 Å². The molecule has 3 saturated heterocycles. The van der Waals surface area contributed by atoms with Gasteiger partial charge in [0.05, 0.1) is 5.69 Å². The van der Waals surface area contributed by atoms with E-state index in [1.165, 1.54) is 4.57 Å². The number of rotatable bonds is 5. The Morgan fingerprint density at radius 1 is 1.05 bits per heavy atom. The first-order valence-corrected chi connectivity index (χ1v) is 12.9. The van der Waals surface area contributed by atoms with Crippen LogP contribution in [-0.2, 0) is 6.54 Å². The molecule has 0 spiro atoms. The van der Waals surface area contributed by atoms with Crippen molar-refractivity contribution >= 4 is 17.9 Å². The summed E-state index contributed by atoms with van der Waals surface area (Å²) in [5.74, 6) is 0.243. The smallest absolute Gasteiger partial charge is 0.404 e. The van der Waals surface area contributed by atoms with Crippen LogP contribution >= 0.6 is 0 Å². The number of hydrogen-bond donors (Lipinski definition) is 4. The van der Waals surface area contributed by atoms with Gasteiger partial charge in [-0.3, -0.25) is 19.7 Å². The first kappa shape index (κ1) is 25.2. The monoisotopic (exact) mass is 510 g/mol. The molecule has 12 nitrogen and oxygen atoms in total. The summed E-state index contributed by atoms with van der Waals surface area (Å²) in [7, 11) is 0. The summed E-state index contributed by atoms with van der Waals surface area (Å²) in [4.78, 5) is 46.9. The second kappa shape index (κ2) is 11.3. The number of piperidine rings is 1. The maximum Gasteiger partial charge on any atom is 0.404 e. The minimum absolute atomic E-state index is 0.0164. The van der Waals surface area contributed by atoms with Crippen LogP contribution < -0.4 is 21.6 Å². The molecule has 4 N–H and O–H groups in total. The summed E-state index contributed by atoms with van der Waals surface area (Å²) < 4.78 is 1.45. The predicted molar refractivity (Wildman–Crippen MR) is 138 cm³/mol. The third-order valence-electron chi connectivity index (χ3n) is 7.42. The maximum absolute atomic E-state index is 12.8. The summed E-state index contributed by atoms with van der Waals surface area (Å²) in [6.45, 7) is 7.45. The number of amides is 3. The highest BCUT2D eigenvalue weighted by Gasteiger charge is 2.31. The van der Waals surface area contributed by atoms with Crippen LogP contribution in [0.25, 0.3) is 5.69 Å². The molecule has 3 fully saturated rings. The number of aromatic nitrogens is 2. The van der Waals surface area contributed by atoms with Crippen molar-refractivity contribution in [1.82, 2.24) is 34.9 Å². The van der Waals surface area contributed by atoms with E-state index in [-0.39, 0.29) is 17.9 Å². The minimum atomic E-state index is -0.968. The fraction of sp³-hybridized carbons (Fsp3) is 0.520. The van der Waals surface area contributed by atoms with Crippen molar-refractivity contribution in [3.05, 3.63) is 52.6 Å². The lowest BCUT2D eigenvalue weighted by molar-refractivity contribution is 0.0767. The minimum Gasteiger partial charge on any atom is -0.465 e. The number of likely N-dealkylation sites (tertiary alicyclic amines) is 1. The number of anilines is 1. The Bertz CT molecular complexity index is 1160. The van der Waals surface area contributed by atoms with E-state index >= 15 is 0 Å². The summed E-state index contributed by atoms with van der Waals surface area (Å²) in [6, 6.07) is 9.47. The van der Waals surface area contributed by atoms with Crippen LogP contribution in [0.4, 0.5) is 15.4 Å². The van der Waals surface area contributed by atoms with Crippen LogP contribution in [0.3, 0.4) is 0 Å².